The molecule has 0 bridgehead atoms. The number of nitro benzene ring substituents is 1. The van der Waals surface area contributed by atoms with Crippen LogP contribution in [0.2, 0.25) is 0 Å². The molecular weight excluding hydrogens is 344 g/mol. The Bertz CT molecular complexity index is 1000. The van der Waals surface area contributed by atoms with E-state index in [4.69, 9.17) is 4.98 Å². The number of aryl methyl sites for hydroxylation is 1. The number of aromatic nitrogens is 2. The summed E-state index contributed by atoms with van der Waals surface area (Å²) in [4.78, 5) is 19.9. The van der Waals surface area contributed by atoms with Gasteiger partial charge in [-0.15, -0.1) is 0 Å². The highest BCUT2D eigenvalue weighted by molar-refractivity contribution is 5.76. The molecule has 1 aliphatic carbocycles. The van der Waals surface area contributed by atoms with Crippen LogP contribution < -0.4 is 5.32 Å². The Labute approximate surface area is 155 Å². The number of fused-ring (bicyclic) bond motifs is 3. The van der Waals surface area contributed by atoms with Crippen LogP contribution in [0, 0.1) is 10.1 Å². The van der Waals surface area contributed by atoms with E-state index in [0.717, 1.165) is 29.7 Å². The van der Waals surface area contributed by atoms with Gasteiger partial charge >= 0.3 is 0 Å². The lowest BCUT2D eigenvalue weighted by molar-refractivity contribution is -0.384. The molecule has 1 heterocycles. The Kier molecular flexibility index (Phi) is 4.52. The minimum atomic E-state index is -0.429. The number of nitrogens with one attached hydrogen (secondary N) is 1. The Morgan fingerprint density at radius 2 is 1.85 bits per heavy atom. The molecule has 1 aliphatic rings. The number of rotatable bonds is 5. The topological polar surface area (TPSA) is 101 Å². The number of nitrogens with zero attached hydrogens (tertiary/aromatic N) is 3. The summed E-state index contributed by atoms with van der Waals surface area (Å²) in [5.74, 6) is 1.21. The van der Waals surface area contributed by atoms with Crippen molar-refractivity contribution in [3.8, 4) is 22.6 Å². The molecule has 0 aliphatic heterocycles. The molecule has 136 valence electrons. The zero-order valence-corrected chi connectivity index (χ0v) is 14.6. The van der Waals surface area contributed by atoms with Crippen LogP contribution in [-0.2, 0) is 12.8 Å². The summed E-state index contributed by atoms with van der Waals surface area (Å²) >= 11 is 0. The van der Waals surface area contributed by atoms with Crippen molar-refractivity contribution < 1.29 is 10.0 Å². The number of benzene rings is 2. The van der Waals surface area contributed by atoms with Gasteiger partial charge in [0, 0.05) is 35.4 Å². The molecule has 3 aromatic rings. The van der Waals surface area contributed by atoms with Gasteiger partial charge in [-0.1, -0.05) is 24.3 Å². The molecule has 2 N–H and O–H groups in total. The van der Waals surface area contributed by atoms with E-state index in [2.05, 4.69) is 22.4 Å². The van der Waals surface area contributed by atoms with Crippen LogP contribution in [0.1, 0.15) is 11.1 Å². The molecule has 7 nitrogen and oxygen atoms in total. The lowest BCUT2D eigenvalue weighted by Gasteiger charge is -2.22. The molecule has 27 heavy (non-hydrogen) atoms. The van der Waals surface area contributed by atoms with Crippen LogP contribution in [0.25, 0.3) is 22.6 Å². The van der Waals surface area contributed by atoms with Crippen molar-refractivity contribution >= 4 is 11.5 Å². The number of non-ortho nitro benzene ring substituents is 1. The van der Waals surface area contributed by atoms with E-state index in [-0.39, 0.29) is 12.3 Å². The van der Waals surface area contributed by atoms with Gasteiger partial charge in [0.2, 0.25) is 0 Å². The number of hydrogen-bond acceptors (Lipinski definition) is 6. The molecule has 2 aromatic carbocycles. The van der Waals surface area contributed by atoms with E-state index in [1.54, 1.807) is 12.1 Å². The molecule has 0 spiro atoms. The van der Waals surface area contributed by atoms with Crippen molar-refractivity contribution in [1.29, 1.82) is 0 Å². The summed E-state index contributed by atoms with van der Waals surface area (Å²) in [5.41, 5.74) is 4.97. The quantitative estimate of drug-likeness (QED) is 0.534. The van der Waals surface area contributed by atoms with Gasteiger partial charge in [0.1, 0.15) is 5.82 Å². The summed E-state index contributed by atoms with van der Waals surface area (Å²) in [6.45, 7) is 0.396. The number of hydrogen-bond donors (Lipinski definition) is 2. The normalized spacial score (nSPS) is 12.2. The van der Waals surface area contributed by atoms with Gasteiger partial charge in [-0.05, 0) is 30.5 Å². The maximum Gasteiger partial charge on any atom is 0.269 e. The zero-order chi connectivity index (χ0) is 18.8. The van der Waals surface area contributed by atoms with Gasteiger partial charge in [0.25, 0.3) is 5.69 Å². The molecule has 0 fully saturated rings. The second-order valence-electron chi connectivity index (χ2n) is 6.33. The molecule has 0 atom stereocenters. The molecule has 1 aromatic heterocycles. The Morgan fingerprint density at radius 1 is 1.07 bits per heavy atom. The van der Waals surface area contributed by atoms with Gasteiger partial charge in [0.15, 0.2) is 5.82 Å². The van der Waals surface area contributed by atoms with Gasteiger partial charge in [0.05, 0.1) is 17.2 Å². The predicted molar refractivity (Wildman–Crippen MR) is 103 cm³/mol. The molecule has 0 radical (unpaired) electrons. The fourth-order valence-electron chi connectivity index (χ4n) is 3.35. The third-order valence-electron chi connectivity index (χ3n) is 4.66. The maximum absolute atomic E-state index is 10.9. The van der Waals surface area contributed by atoms with E-state index in [0.29, 0.717) is 23.8 Å². The number of aliphatic hydroxyl groups excluding tert-OH is 1. The van der Waals surface area contributed by atoms with Crippen LogP contribution in [0.3, 0.4) is 0 Å². The first-order chi connectivity index (χ1) is 13.2. The van der Waals surface area contributed by atoms with E-state index in [9.17, 15) is 15.2 Å². The van der Waals surface area contributed by atoms with Crippen LogP contribution in [0.4, 0.5) is 11.5 Å². The molecule has 0 saturated heterocycles. The van der Waals surface area contributed by atoms with Crippen molar-refractivity contribution in [1.82, 2.24) is 9.97 Å². The van der Waals surface area contributed by atoms with Crippen molar-refractivity contribution in [2.24, 2.45) is 0 Å². The van der Waals surface area contributed by atoms with E-state index < -0.39 is 4.92 Å². The fourth-order valence-corrected chi connectivity index (χ4v) is 3.35. The molecule has 0 saturated carbocycles. The average molecular weight is 362 g/mol. The Hall–Kier alpha value is -3.32. The number of aliphatic hydroxyl groups is 1. The molecule has 0 unspecified atom stereocenters. The number of nitro groups is 1. The van der Waals surface area contributed by atoms with Gasteiger partial charge in [-0.2, -0.15) is 0 Å². The van der Waals surface area contributed by atoms with Crippen LogP contribution in [0.5, 0.6) is 0 Å². The first-order valence-electron chi connectivity index (χ1n) is 8.76. The van der Waals surface area contributed by atoms with Gasteiger partial charge < -0.3 is 10.4 Å². The minimum Gasteiger partial charge on any atom is -0.395 e. The molecular formula is C20H18N4O3. The highest BCUT2D eigenvalue weighted by Gasteiger charge is 2.22. The summed E-state index contributed by atoms with van der Waals surface area (Å²) in [6.07, 6.45) is 1.73. The smallest absolute Gasteiger partial charge is 0.269 e. The lowest BCUT2D eigenvalue weighted by Crippen LogP contribution is -2.15. The van der Waals surface area contributed by atoms with Crippen LogP contribution in [-0.4, -0.2) is 33.1 Å². The van der Waals surface area contributed by atoms with Gasteiger partial charge in [-0.3, -0.25) is 10.1 Å². The van der Waals surface area contributed by atoms with E-state index in [1.165, 1.54) is 17.7 Å². The van der Waals surface area contributed by atoms with E-state index in [1.807, 2.05) is 12.1 Å². The maximum atomic E-state index is 10.9. The summed E-state index contributed by atoms with van der Waals surface area (Å²) in [5, 5.41) is 23.3. The SMILES string of the molecule is O=[N+]([O-])c1ccc(-c2nc(NCCO)c3c(n2)-c2ccccc2CC3)cc1. The lowest BCUT2D eigenvalue weighted by atomic mass is 9.89. The standard InChI is InChI=1S/C20H18N4O3/c25-12-11-21-20-17-10-7-13-3-1-2-4-16(13)18(17)22-19(23-20)14-5-8-15(9-6-14)24(26)27/h1-6,8-9,25H,7,10-12H2,(H,21,22,23). The van der Waals surface area contributed by atoms with Gasteiger partial charge in [-0.25, -0.2) is 9.97 Å². The van der Waals surface area contributed by atoms with Crippen molar-refractivity contribution in [3.05, 3.63) is 69.8 Å². The molecule has 4 rings (SSSR count). The van der Waals surface area contributed by atoms with Crippen LogP contribution >= 0.6 is 0 Å². The highest BCUT2D eigenvalue weighted by atomic mass is 16.6. The predicted octanol–water partition coefficient (Wildman–Crippen LogP) is 3.22. The Balaban J connectivity index is 1.85. The third-order valence-corrected chi connectivity index (χ3v) is 4.66. The largest absolute Gasteiger partial charge is 0.395 e. The second-order valence-corrected chi connectivity index (χ2v) is 6.33. The summed E-state index contributed by atoms with van der Waals surface area (Å²) in [7, 11) is 0. The monoisotopic (exact) mass is 362 g/mol. The van der Waals surface area contributed by atoms with Crippen molar-refractivity contribution in [3.63, 3.8) is 0 Å². The third kappa shape index (κ3) is 3.24. The van der Waals surface area contributed by atoms with Crippen molar-refractivity contribution in [2.45, 2.75) is 12.8 Å². The van der Waals surface area contributed by atoms with Crippen LogP contribution in [0.15, 0.2) is 48.5 Å². The van der Waals surface area contributed by atoms with Crippen molar-refractivity contribution in [2.75, 3.05) is 18.5 Å². The summed E-state index contributed by atoms with van der Waals surface area (Å²) in [6, 6.07) is 14.4. The van der Waals surface area contributed by atoms with E-state index >= 15 is 0 Å². The molecule has 7 heteroatoms. The fraction of sp³-hybridized carbons (Fsp3) is 0.200. The minimum absolute atomic E-state index is 0.00221. The average Bonchev–Trinajstić information content (AvgIpc) is 2.71. The first-order valence-corrected chi connectivity index (χ1v) is 8.76. The second kappa shape index (κ2) is 7.13. The highest BCUT2D eigenvalue weighted by Crippen LogP contribution is 2.36. The molecule has 0 amide bonds. The summed E-state index contributed by atoms with van der Waals surface area (Å²) < 4.78 is 0. The zero-order valence-electron chi connectivity index (χ0n) is 14.6. The first kappa shape index (κ1) is 17.1. The number of anilines is 1. The Morgan fingerprint density at radius 3 is 2.59 bits per heavy atom.